The molecule has 0 atom stereocenters. The Bertz CT molecular complexity index is 1110. The third-order valence-corrected chi connectivity index (χ3v) is 4.05. The summed E-state index contributed by atoms with van der Waals surface area (Å²) in [5.74, 6) is 6.08. The summed E-state index contributed by atoms with van der Waals surface area (Å²) in [6.45, 7) is 0.0403. The Morgan fingerprint density at radius 2 is 1.55 bits per heavy atom. The molecule has 0 aromatic heterocycles. The van der Waals surface area contributed by atoms with Crippen molar-refractivity contribution < 1.29 is 32.5 Å². The van der Waals surface area contributed by atoms with E-state index in [-0.39, 0.29) is 13.0 Å². The van der Waals surface area contributed by atoms with Gasteiger partial charge in [-0.05, 0) is 54.1 Å². The van der Waals surface area contributed by atoms with E-state index >= 15 is 0 Å². The molecule has 0 aliphatic heterocycles. The van der Waals surface area contributed by atoms with Crippen LogP contribution in [0.2, 0.25) is 0 Å². The minimum absolute atomic E-state index is 0.0403. The van der Waals surface area contributed by atoms with Crippen molar-refractivity contribution in [1.82, 2.24) is 0 Å². The van der Waals surface area contributed by atoms with Gasteiger partial charge in [0.2, 0.25) is 0 Å². The third-order valence-electron chi connectivity index (χ3n) is 4.05. The molecule has 0 amide bonds. The number of carboxylic acids is 1. The molecule has 0 fully saturated rings. The first-order valence-electron chi connectivity index (χ1n) is 9.17. The van der Waals surface area contributed by atoms with Crippen LogP contribution in [0.3, 0.4) is 0 Å². The topological polar surface area (TPSA) is 55.8 Å². The second-order valence-electron chi connectivity index (χ2n) is 6.46. The van der Waals surface area contributed by atoms with Crippen LogP contribution in [0.15, 0.2) is 72.8 Å². The van der Waals surface area contributed by atoms with Gasteiger partial charge in [-0.1, -0.05) is 30.0 Å². The zero-order valence-corrected chi connectivity index (χ0v) is 16.1. The molecule has 3 rings (SSSR count). The van der Waals surface area contributed by atoms with Crippen LogP contribution < -0.4 is 9.47 Å². The smallest absolute Gasteiger partial charge is 0.416 e. The lowest BCUT2D eigenvalue weighted by molar-refractivity contribution is -0.138. The number of hydrogen-bond donors (Lipinski definition) is 1. The highest BCUT2D eigenvalue weighted by Crippen LogP contribution is 2.29. The summed E-state index contributed by atoms with van der Waals surface area (Å²) in [6.07, 6.45) is -4.47. The highest BCUT2D eigenvalue weighted by Gasteiger charge is 2.29. The summed E-state index contributed by atoms with van der Waals surface area (Å²) < 4.78 is 49.0. The van der Waals surface area contributed by atoms with Crippen LogP contribution in [0.5, 0.6) is 17.2 Å². The van der Waals surface area contributed by atoms with Crippen LogP contribution in [0, 0.1) is 11.8 Å². The molecular weight excluding hydrogens is 409 g/mol. The first kappa shape index (κ1) is 21.8. The van der Waals surface area contributed by atoms with E-state index in [0.717, 1.165) is 12.1 Å². The van der Waals surface area contributed by atoms with E-state index in [9.17, 15) is 18.0 Å². The average Bonchev–Trinajstić information content (AvgIpc) is 2.71. The molecule has 1 N–H and O–H groups in total. The summed E-state index contributed by atoms with van der Waals surface area (Å²) in [7, 11) is 0. The molecule has 3 aromatic rings. The van der Waals surface area contributed by atoms with Gasteiger partial charge in [0.25, 0.3) is 0 Å². The van der Waals surface area contributed by atoms with Crippen LogP contribution in [0.25, 0.3) is 0 Å². The summed E-state index contributed by atoms with van der Waals surface area (Å²) in [5.41, 5.74) is 0.352. The van der Waals surface area contributed by atoms with Gasteiger partial charge in [0.1, 0.15) is 23.9 Å². The third kappa shape index (κ3) is 6.82. The Morgan fingerprint density at radius 3 is 2.23 bits per heavy atom. The van der Waals surface area contributed by atoms with Gasteiger partial charge in [0.15, 0.2) is 0 Å². The number of aliphatic carboxylic acids is 1. The Labute approximate surface area is 176 Å². The molecule has 3 aromatic carbocycles. The largest absolute Gasteiger partial charge is 0.481 e. The zero-order chi connectivity index (χ0) is 22.3. The first-order chi connectivity index (χ1) is 14.8. The second-order valence-corrected chi connectivity index (χ2v) is 6.46. The SMILES string of the molecule is O=C(O)Cc1cccc(Oc2cccc(OCC#Cc3ccc(C(F)(F)F)cc3)c2)c1. The molecule has 0 unspecified atom stereocenters. The molecule has 0 spiro atoms. The molecule has 7 heteroatoms. The van der Waals surface area contributed by atoms with Crippen molar-refractivity contribution in [1.29, 1.82) is 0 Å². The first-order valence-corrected chi connectivity index (χ1v) is 9.17. The number of rotatable bonds is 6. The molecule has 0 saturated heterocycles. The lowest BCUT2D eigenvalue weighted by atomic mass is 10.1. The van der Waals surface area contributed by atoms with Crippen LogP contribution in [0.1, 0.15) is 16.7 Å². The fourth-order valence-electron chi connectivity index (χ4n) is 2.66. The monoisotopic (exact) mass is 426 g/mol. The van der Waals surface area contributed by atoms with Gasteiger partial charge in [-0.25, -0.2) is 0 Å². The van der Waals surface area contributed by atoms with E-state index in [1.807, 2.05) is 0 Å². The lowest BCUT2D eigenvalue weighted by Crippen LogP contribution is -2.04. The quantitative estimate of drug-likeness (QED) is 0.525. The van der Waals surface area contributed by atoms with Gasteiger partial charge in [0.05, 0.1) is 12.0 Å². The summed E-state index contributed by atoms with van der Waals surface area (Å²) >= 11 is 0. The average molecular weight is 426 g/mol. The predicted molar refractivity (Wildman–Crippen MR) is 108 cm³/mol. The maximum atomic E-state index is 12.6. The Balaban J connectivity index is 1.58. The molecule has 4 nitrogen and oxygen atoms in total. The fourth-order valence-corrected chi connectivity index (χ4v) is 2.66. The minimum atomic E-state index is -4.38. The van der Waals surface area contributed by atoms with Gasteiger partial charge < -0.3 is 14.6 Å². The number of benzene rings is 3. The van der Waals surface area contributed by atoms with Crippen molar-refractivity contribution in [2.75, 3.05) is 6.61 Å². The number of ether oxygens (including phenoxy) is 2. The van der Waals surface area contributed by atoms with E-state index in [4.69, 9.17) is 14.6 Å². The minimum Gasteiger partial charge on any atom is -0.481 e. The Hall–Kier alpha value is -3.92. The highest BCUT2D eigenvalue weighted by atomic mass is 19.4. The van der Waals surface area contributed by atoms with E-state index in [2.05, 4.69) is 11.8 Å². The van der Waals surface area contributed by atoms with Crippen molar-refractivity contribution in [3.63, 3.8) is 0 Å². The summed E-state index contributed by atoms with van der Waals surface area (Å²) in [4.78, 5) is 10.8. The van der Waals surface area contributed by atoms with Crippen molar-refractivity contribution in [2.45, 2.75) is 12.6 Å². The van der Waals surface area contributed by atoms with Crippen LogP contribution in [-0.2, 0) is 17.4 Å². The highest BCUT2D eigenvalue weighted by molar-refractivity contribution is 5.70. The number of carbonyl (C=O) groups is 1. The fraction of sp³-hybridized carbons (Fsp3) is 0.125. The van der Waals surface area contributed by atoms with Crippen molar-refractivity contribution in [2.24, 2.45) is 0 Å². The molecule has 31 heavy (non-hydrogen) atoms. The van der Waals surface area contributed by atoms with Crippen LogP contribution in [0.4, 0.5) is 13.2 Å². The molecule has 0 radical (unpaired) electrons. The van der Waals surface area contributed by atoms with Crippen LogP contribution >= 0.6 is 0 Å². The normalized spacial score (nSPS) is 10.7. The Morgan fingerprint density at radius 1 is 0.903 bits per heavy atom. The molecule has 158 valence electrons. The summed E-state index contributed by atoms with van der Waals surface area (Å²) in [5, 5.41) is 8.89. The van der Waals surface area contributed by atoms with E-state index in [0.29, 0.717) is 28.4 Å². The van der Waals surface area contributed by atoms with Gasteiger partial charge in [-0.2, -0.15) is 13.2 Å². The van der Waals surface area contributed by atoms with E-state index in [1.165, 1.54) is 12.1 Å². The van der Waals surface area contributed by atoms with Gasteiger partial charge in [-0.3, -0.25) is 4.79 Å². The second kappa shape index (κ2) is 9.72. The Kier molecular flexibility index (Phi) is 6.83. The molecule has 0 saturated carbocycles. The number of halogens is 3. The zero-order valence-electron chi connectivity index (χ0n) is 16.1. The number of hydrogen-bond acceptors (Lipinski definition) is 3. The maximum absolute atomic E-state index is 12.6. The van der Waals surface area contributed by atoms with Gasteiger partial charge in [-0.15, -0.1) is 0 Å². The molecule has 0 aliphatic carbocycles. The standard InChI is InChI=1S/C24H17F3O4/c25-24(26,27)19-11-9-17(10-12-19)5-3-13-30-20-6-2-8-22(16-20)31-21-7-1-4-18(14-21)15-23(28)29/h1-2,4,6-12,14,16H,13,15H2,(H,28,29). The number of alkyl halides is 3. The lowest BCUT2D eigenvalue weighted by Gasteiger charge is -2.09. The van der Waals surface area contributed by atoms with E-state index < -0.39 is 17.7 Å². The van der Waals surface area contributed by atoms with Gasteiger partial charge in [0, 0.05) is 11.6 Å². The predicted octanol–water partition coefficient (Wildman–Crippen LogP) is 5.56. The molecule has 0 bridgehead atoms. The van der Waals surface area contributed by atoms with Crippen molar-refractivity contribution >= 4 is 5.97 Å². The van der Waals surface area contributed by atoms with E-state index in [1.54, 1.807) is 48.5 Å². The van der Waals surface area contributed by atoms with Crippen LogP contribution in [-0.4, -0.2) is 17.7 Å². The van der Waals surface area contributed by atoms with Gasteiger partial charge >= 0.3 is 12.1 Å². The summed E-state index contributed by atoms with van der Waals surface area (Å²) in [6, 6.07) is 18.2. The van der Waals surface area contributed by atoms with Crippen molar-refractivity contribution in [3.05, 3.63) is 89.5 Å². The number of carboxylic acid groups (broad SMARTS) is 1. The molecular formula is C24H17F3O4. The molecule has 0 heterocycles. The maximum Gasteiger partial charge on any atom is 0.416 e. The van der Waals surface area contributed by atoms with Crippen molar-refractivity contribution in [3.8, 4) is 29.1 Å². The molecule has 0 aliphatic rings.